The maximum absolute atomic E-state index is 12.6. The van der Waals surface area contributed by atoms with Crippen LogP contribution in [0.3, 0.4) is 0 Å². The van der Waals surface area contributed by atoms with Crippen LogP contribution in [-0.2, 0) is 37.0 Å². The van der Waals surface area contributed by atoms with Crippen LogP contribution < -0.4 is 16.4 Å². The van der Waals surface area contributed by atoms with Crippen LogP contribution >= 0.6 is 0 Å². The van der Waals surface area contributed by atoms with Gasteiger partial charge in [-0.2, -0.15) is 0 Å². The lowest BCUT2D eigenvalue weighted by Crippen LogP contribution is -2.42. The minimum Gasteiger partial charge on any atom is -0.397 e. The highest BCUT2D eigenvalue weighted by Crippen LogP contribution is 2.39. The highest BCUT2D eigenvalue weighted by molar-refractivity contribution is 5.93. The first kappa shape index (κ1) is 40.1. The van der Waals surface area contributed by atoms with Gasteiger partial charge >= 0.3 is 0 Å². The van der Waals surface area contributed by atoms with Gasteiger partial charge in [0.1, 0.15) is 0 Å². The van der Waals surface area contributed by atoms with E-state index < -0.39 is 6.29 Å². The van der Waals surface area contributed by atoms with Crippen molar-refractivity contribution in [2.75, 3.05) is 37.9 Å². The third kappa shape index (κ3) is 11.7. The third-order valence-corrected chi connectivity index (χ3v) is 10.6. The molecule has 2 saturated heterocycles. The molecular formula is C45H56N4O6. The van der Waals surface area contributed by atoms with Gasteiger partial charge in [0.25, 0.3) is 0 Å². The van der Waals surface area contributed by atoms with Gasteiger partial charge in [-0.3, -0.25) is 14.5 Å². The summed E-state index contributed by atoms with van der Waals surface area (Å²) >= 11 is 0. The second-order valence-electron chi connectivity index (χ2n) is 14.7. The van der Waals surface area contributed by atoms with Gasteiger partial charge in [-0.25, -0.2) is 0 Å². The zero-order valence-corrected chi connectivity index (χ0v) is 32.0. The van der Waals surface area contributed by atoms with Crippen molar-refractivity contribution in [2.45, 2.75) is 95.5 Å². The molecule has 10 nitrogen and oxygen atoms in total. The van der Waals surface area contributed by atoms with Crippen molar-refractivity contribution in [1.29, 1.82) is 0 Å². The average Bonchev–Trinajstić information content (AvgIpc) is 3.65. The van der Waals surface area contributed by atoms with Gasteiger partial charge in [0.15, 0.2) is 6.29 Å². The number of carbonyl (C=O) groups is 2. The maximum atomic E-state index is 12.6. The minimum atomic E-state index is -0.514. The van der Waals surface area contributed by atoms with Crippen molar-refractivity contribution in [3.63, 3.8) is 0 Å². The number of aliphatic hydroxyl groups excluding tert-OH is 1. The van der Waals surface area contributed by atoms with E-state index in [0.717, 1.165) is 91.6 Å². The number of para-hydroxylation sites is 2. The fraction of sp³-hybridized carbons (Fsp3) is 0.422. The molecule has 2 aliphatic rings. The first-order valence-electron chi connectivity index (χ1n) is 19.7. The Hall–Kier alpha value is -4.58. The number of likely N-dealkylation sites (tertiary alicyclic amines) is 1. The molecule has 292 valence electrons. The molecule has 4 aromatic rings. The van der Waals surface area contributed by atoms with Crippen LogP contribution in [0.4, 0.5) is 11.4 Å². The Morgan fingerprint density at radius 3 is 2.33 bits per heavy atom. The molecule has 2 aliphatic heterocycles. The molecule has 0 bridgehead atoms. The SMILES string of the molecule is COC[C@@H]1CCCN1C[C@@H]1C[C@H](c2ccc(CO)cc2)O[C@H](c2ccc(-c3cccc(CNC(=O)CCCCCCC(=O)Nc4ccccc4N)c3)cc2)O1. The molecule has 4 aromatic carbocycles. The molecule has 0 radical (unpaired) electrons. The number of ether oxygens (including phenoxy) is 3. The summed E-state index contributed by atoms with van der Waals surface area (Å²) in [5.74, 6) is -0.0187. The maximum Gasteiger partial charge on any atom is 0.224 e. The quantitative estimate of drug-likeness (QED) is 0.0602. The molecule has 0 spiro atoms. The second kappa shape index (κ2) is 20.4. The molecule has 2 heterocycles. The number of nitrogens with one attached hydrogen (secondary N) is 2. The molecule has 4 atom stereocenters. The van der Waals surface area contributed by atoms with Crippen LogP contribution in [0.5, 0.6) is 0 Å². The van der Waals surface area contributed by atoms with Gasteiger partial charge in [0.2, 0.25) is 11.8 Å². The number of carbonyl (C=O) groups excluding carboxylic acids is 2. The first-order chi connectivity index (χ1) is 26.9. The average molecular weight is 749 g/mol. The summed E-state index contributed by atoms with van der Waals surface area (Å²) in [7, 11) is 1.77. The van der Waals surface area contributed by atoms with Crippen LogP contribution in [-0.4, -0.2) is 60.8 Å². The summed E-state index contributed by atoms with van der Waals surface area (Å²) in [5, 5.41) is 15.5. The number of rotatable bonds is 18. The lowest BCUT2D eigenvalue weighted by molar-refractivity contribution is -0.253. The van der Waals surface area contributed by atoms with Gasteiger partial charge in [-0.05, 0) is 78.2 Å². The number of nitrogen functional groups attached to an aromatic ring is 1. The van der Waals surface area contributed by atoms with Crippen LogP contribution in [0.1, 0.15) is 92.4 Å². The topological polar surface area (TPSA) is 135 Å². The van der Waals surface area contributed by atoms with Crippen LogP contribution in [0.15, 0.2) is 97.1 Å². The third-order valence-electron chi connectivity index (χ3n) is 10.6. The Morgan fingerprint density at radius 2 is 1.58 bits per heavy atom. The highest BCUT2D eigenvalue weighted by atomic mass is 16.7. The molecule has 10 heteroatoms. The second-order valence-corrected chi connectivity index (χ2v) is 14.7. The monoisotopic (exact) mass is 748 g/mol. The summed E-state index contributed by atoms with van der Waals surface area (Å²) in [6.45, 7) is 3.07. The Labute approximate surface area is 325 Å². The number of nitrogens with zero attached hydrogens (tertiary/aromatic N) is 1. The van der Waals surface area contributed by atoms with Crippen molar-refractivity contribution < 1.29 is 28.9 Å². The van der Waals surface area contributed by atoms with Gasteiger partial charge in [-0.15, -0.1) is 0 Å². The number of benzene rings is 4. The predicted molar refractivity (Wildman–Crippen MR) is 216 cm³/mol. The minimum absolute atomic E-state index is 0.00985. The molecule has 2 amide bonds. The van der Waals surface area contributed by atoms with Crippen LogP contribution in [0.2, 0.25) is 0 Å². The van der Waals surface area contributed by atoms with Gasteiger partial charge < -0.3 is 35.7 Å². The number of unbranched alkanes of at least 4 members (excludes halogenated alkanes) is 3. The van der Waals surface area contributed by atoms with E-state index in [-0.39, 0.29) is 30.6 Å². The van der Waals surface area contributed by atoms with E-state index in [1.54, 1.807) is 19.2 Å². The molecule has 0 aromatic heterocycles. The van der Waals surface area contributed by atoms with E-state index in [1.807, 2.05) is 48.5 Å². The molecule has 2 fully saturated rings. The van der Waals surface area contributed by atoms with Crippen LogP contribution in [0.25, 0.3) is 11.1 Å². The molecule has 5 N–H and O–H groups in total. The van der Waals surface area contributed by atoms with Gasteiger partial charge in [0.05, 0.1) is 36.8 Å². The predicted octanol–water partition coefficient (Wildman–Crippen LogP) is 7.68. The molecular weight excluding hydrogens is 693 g/mol. The number of amides is 2. The van der Waals surface area contributed by atoms with E-state index in [0.29, 0.717) is 36.8 Å². The van der Waals surface area contributed by atoms with Gasteiger partial charge in [0, 0.05) is 51.1 Å². The highest BCUT2D eigenvalue weighted by Gasteiger charge is 2.35. The number of nitrogens with two attached hydrogens (primary N) is 1. The smallest absolute Gasteiger partial charge is 0.224 e. The van der Waals surface area contributed by atoms with Crippen LogP contribution in [0, 0.1) is 0 Å². The summed E-state index contributed by atoms with van der Waals surface area (Å²) in [4.78, 5) is 27.3. The van der Waals surface area contributed by atoms with E-state index in [4.69, 9.17) is 19.9 Å². The van der Waals surface area contributed by atoms with Crippen molar-refractivity contribution in [3.8, 4) is 11.1 Å². The standard InChI is InChI=1S/C45H56N4O6/c1-53-31-38-12-9-25-49(38)29-39-27-42(35-19-17-32(30-50)18-20-35)55-45(54-39)36-23-21-34(22-24-36)37-11-8-10-33(26-37)28-47-43(51)15-4-2-3-5-16-44(52)48-41-14-7-6-13-40(41)46/h6-8,10-11,13-14,17-24,26,38-39,42,45,50H,2-5,9,12,15-16,25,27-31,46H2,1H3,(H,47,51)(H,48,52)/t38-,39-,42+,45+/m0/s1. The van der Waals surface area contributed by atoms with Crippen molar-refractivity contribution in [3.05, 3.63) is 119 Å². The Morgan fingerprint density at radius 1 is 0.836 bits per heavy atom. The number of methoxy groups -OCH3 is 1. The summed E-state index contributed by atoms with van der Waals surface area (Å²) in [6, 6.07) is 32.3. The first-order valence-corrected chi connectivity index (χ1v) is 19.7. The lowest BCUT2D eigenvalue weighted by atomic mass is 9.98. The zero-order valence-electron chi connectivity index (χ0n) is 32.0. The van der Waals surface area contributed by atoms with E-state index in [1.165, 1.54) is 6.42 Å². The van der Waals surface area contributed by atoms with Crippen molar-refractivity contribution >= 4 is 23.2 Å². The van der Waals surface area contributed by atoms with Crippen molar-refractivity contribution in [1.82, 2.24) is 10.2 Å². The number of anilines is 2. The van der Waals surface area contributed by atoms with E-state index in [9.17, 15) is 14.7 Å². The summed E-state index contributed by atoms with van der Waals surface area (Å²) in [6.07, 6.45) is 6.61. The van der Waals surface area contributed by atoms with Crippen molar-refractivity contribution in [2.24, 2.45) is 0 Å². The molecule has 6 rings (SSSR count). The Balaban J connectivity index is 0.984. The number of hydrogen-bond donors (Lipinski definition) is 4. The Kier molecular flexibility index (Phi) is 14.8. The summed E-state index contributed by atoms with van der Waals surface area (Å²) < 4.78 is 18.8. The summed E-state index contributed by atoms with van der Waals surface area (Å²) in [5.41, 5.74) is 13.2. The van der Waals surface area contributed by atoms with E-state index >= 15 is 0 Å². The Bertz CT molecular complexity index is 1820. The largest absolute Gasteiger partial charge is 0.397 e. The normalized spacial score (nSPS) is 20.0. The fourth-order valence-corrected chi connectivity index (χ4v) is 7.54. The molecule has 0 unspecified atom stereocenters. The lowest BCUT2D eigenvalue weighted by Gasteiger charge is -2.38. The number of aliphatic hydroxyl groups is 1. The van der Waals surface area contributed by atoms with Gasteiger partial charge in [-0.1, -0.05) is 91.7 Å². The zero-order chi connectivity index (χ0) is 38.4. The molecule has 55 heavy (non-hydrogen) atoms. The fourth-order valence-electron chi connectivity index (χ4n) is 7.54. The molecule has 0 aliphatic carbocycles. The number of hydrogen-bond acceptors (Lipinski definition) is 8. The molecule has 0 saturated carbocycles. The van der Waals surface area contributed by atoms with E-state index in [2.05, 4.69) is 51.9 Å².